The molecule has 2 aliphatic heterocycles. The Morgan fingerprint density at radius 2 is 1.82 bits per heavy atom. The Bertz CT molecular complexity index is 1470. The van der Waals surface area contributed by atoms with E-state index in [1.807, 2.05) is 24.3 Å². The second-order valence-corrected chi connectivity index (χ2v) is 8.72. The van der Waals surface area contributed by atoms with Gasteiger partial charge in [-0.2, -0.15) is 0 Å². The number of methoxy groups -OCH3 is 2. The van der Waals surface area contributed by atoms with Gasteiger partial charge in [-0.3, -0.25) is 19.7 Å². The van der Waals surface area contributed by atoms with Crippen molar-refractivity contribution in [2.24, 2.45) is 0 Å². The van der Waals surface area contributed by atoms with Gasteiger partial charge >= 0.3 is 6.03 Å². The van der Waals surface area contributed by atoms with Crippen LogP contribution in [0.3, 0.4) is 0 Å². The van der Waals surface area contributed by atoms with Crippen LogP contribution in [0, 0.1) is 0 Å². The summed E-state index contributed by atoms with van der Waals surface area (Å²) in [5.41, 5.74) is 1.26. The van der Waals surface area contributed by atoms with E-state index in [9.17, 15) is 19.2 Å². The second kappa shape index (κ2) is 10.4. The van der Waals surface area contributed by atoms with Crippen LogP contribution in [0.1, 0.15) is 5.56 Å². The van der Waals surface area contributed by atoms with Crippen molar-refractivity contribution >= 4 is 46.4 Å². The average molecular weight is 519 g/mol. The van der Waals surface area contributed by atoms with Crippen molar-refractivity contribution < 1.29 is 33.4 Å². The SMILES string of the molecule is COc1ccc(N2C(=O)NC(=O)C(=Cc3cn(CC(=O)N4CCOCC4)c4ccccc34)C2=O)c(OC)c1. The highest BCUT2D eigenvalue weighted by Gasteiger charge is 2.38. The quantitative estimate of drug-likeness (QED) is 0.392. The highest BCUT2D eigenvalue weighted by molar-refractivity contribution is 6.39. The van der Waals surface area contributed by atoms with Crippen LogP contribution in [0.15, 0.2) is 54.2 Å². The number of urea groups is 1. The summed E-state index contributed by atoms with van der Waals surface area (Å²) in [6.07, 6.45) is 3.16. The number of hydrogen-bond acceptors (Lipinski definition) is 7. The van der Waals surface area contributed by atoms with Gasteiger partial charge in [-0.05, 0) is 24.3 Å². The molecule has 0 unspecified atom stereocenters. The van der Waals surface area contributed by atoms with Crippen LogP contribution in [0.2, 0.25) is 0 Å². The van der Waals surface area contributed by atoms with Crippen molar-refractivity contribution in [2.75, 3.05) is 45.4 Å². The predicted molar refractivity (Wildman–Crippen MR) is 138 cm³/mol. The normalized spacial score (nSPS) is 17.2. The van der Waals surface area contributed by atoms with Gasteiger partial charge in [-0.15, -0.1) is 0 Å². The summed E-state index contributed by atoms with van der Waals surface area (Å²) in [6, 6.07) is 11.1. The van der Waals surface area contributed by atoms with Gasteiger partial charge in [-0.25, -0.2) is 9.69 Å². The molecule has 5 rings (SSSR count). The number of carbonyl (C=O) groups is 4. The zero-order chi connectivity index (χ0) is 26.8. The molecule has 2 aromatic carbocycles. The molecule has 0 saturated carbocycles. The molecule has 0 bridgehead atoms. The van der Waals surface area contributed by atoms with E-state index >= 15 is 0 Å². The standard InChI is InChI=1S/C27H26N4O7/c1-36-18-7-8-22(23(14-18)37-2)31-26(34)20(25(33)28-27(31)35)13-17-15-30(21-6-4-3-5-19(17)21)16-24(32)29-9-11-38-12-10-29/h3-8,13-15H,9-12,16H2,1-2H3,(H,28,33,35). The van der Waals surface area contributed by atoms with Crippen LogP contribution in [0.4, 0.5) is 10.5 Å². The Morgan fingerprint density at radius 3 is 2.55 bits per heavy atom. The van der Waals surface area contributed by atoms with Crippen molar-refractivity contribution in [3.8, 4) is 11.5 Å². The number of ether oxygens (including phenoxy) is 3. The van der Waals surface area contributed by atoms with Gasteiger partial charge in [-0.1, -0.05) is 18.2 Å². The minimum Gasteiger partial charge on any atom is -0.497 e. The molecule has 0 atom stereocenters. The molecule has 11 heteroatoms. The molecular formula is C27H26N4O7. The maximum Gasteiger partial charge on any atom is 0.336 e. The third-order valence-electron chi connectivity index (χ3n) is 6.52. The fourth-order valence-electron chi connectivity index (χ4n) is 4.58. The first-order valence-electron chi connectivity index (χ1n) is 12.0. The third kappa shape index (κ3) is 4.59. The highest BCUT2D eigenvalue weighted by Crippen LogP contribution is 2.34. The maximum absolute atomic E-state index is 13.5. The molecule has 11 nitrogen and oxygen atoms in total. The van der Waals surface area contributed by atoms with E-state index in [1.165, 1.54) is 32.4 Å². The van der Waals surface area contributed by atoms with E-state index < -0.39 is 17.8 Å². The first kappa shape index (κ1) is 25.0. The topological polar surface area (TPSA) is 119 Å². The van der Waals surface area contributed by atoms with Gasteiger partial charge in [0.1, 0.15) is 23.6 Å². The lowest BCUT2D eigenvalue weighted by Gasteiger charge is -2.27. The fourth-order valence-corrected chi connectivity index (χ4v) is 4.58. The Hall–Kier alpha value is -4.64. The number of rotatable bonds is 6. The molecule has 3 heterocycles. The molecule has 0 aliphatic carbocycles. The summed E-state index contributed by atoms with van der Waals surface area (Å²) in [4.78, 5) is 54.6. The number of hydrogen-bond donors (Lipinski definition) is 1. The molecule has 5 amide bonds. The summed E-state index contributed by atoms with van der Waals surface area (Å²) < 4.78 is 17.7. The molecule has 196 valence electrons. The number of nitrogens with one attached hydrogen (secondary N) is 1. The van der Waals surface area contributed by atoms with Crippen LogP contribution in [0.25, 0.3) is 17.0 Å². The van der Waals surface area contributed by atoms with E-state index in [0.717, 1.165) is 15.8 Å². The molecule has 0 spiro atoms. The summed E-state index contributed by atoms with van der Waals surface area (Å²) in [6.45, 7) is 2.16. The fraction of sp³-hybridized carbons (Fsp3) is 0.259. The van der Waals surface area contributed by atoms with Gasteiger partial charge in [0.2, 0.25) is 5.91 Å². The summed E-state index contributed by atoms with van der Waals surface area (Å²) in [5, 5.41) is 2.98. The number of benzene rings is 2. The summed E-state index contributed by atoms with van der Waals surface area (Å²) in [7, 11) is 2.89. The van der Waals surface area contributed by atoms with Crippen LogP contribution < -0.4 is 19.7 Å². The summed E-state index contributed by atoms with van der Waals surface area (Å²) in [5.74, 6) is -0.974. The van der Waals surface area contributed by atoms with Gasteiger partial charge in [0.05, 0.1) is 33.1 Å². The van der Waals surface area contributed by atoms with Gasteiger partial charge < -0.3 is 23.7 Å². The second-order valence-electron chi connectivity index (χ2n) is 8.72. The van der Waals surface area contributed by atoms with Gasteiger partial charge in [0.25, 0.3) is 11.8 Å². The van der Waals surface area contributed by atoms with E-state index in [0.29, 0.717) is 37.6 Å². The Labute approximate surface area is 218 Å². The van der Waals surface area contributed by atoms with Crippen LogP contribution >= 0.6 is 0 Å². The Morgan fingerprint density at radius 1 is 1.05 bits per heavy atom. The smallest absolute Gasteiger partial charge is 0.336 e. The van der Waals surface area contributed by atoms with Crippen LogP contribution in [0.5, 0.6) is 11.5 Å². The monoisotopic (exact) mass is 518 g/mol. The number of fused-ring (bicyclic) bond motifs is 1. The van der Waals surface area contributed by atoms with Crippen LogP contribution in [-0.2, 0) is 25.7 Å². The van der Waals surface area contributed by atoms with Crippen molar-refractivity contribution in [3.63, 3.8) is 0 Å². The number of amides is 5. The minimum absolute atomic E-state index is 0.0527. The summed E-state index contributed by atoms with van der Waals surface area (Å²) >= 11 is 0. The van der Waals surface area contributed by atoms with E-state index in [-0.39, 0.29) is 29.5 Å². The largest absolute Gasteiger partial charge is 0.497 e. The molecular weight excluding hydrogens is 492 g/mol. The number of carbonyl (C=O) groups excluding carboxylic acids is 4. The van der Waals surface area contributed by atoms with Crippen LogP contribution in [-0.4, -0.2) is 73.7 Å². The number of para-hydroxylation sites is 1. The number of morpholine rings is 1. The molecule has 2 fully saturated rings. The maximum atomic E-state index is 13.5. The van der Waals surface area contributed by atoms with Gasteiger partial charge in [0.15, 0.2) is 0 Å². The zero-order valence-corrected chi connectivity index (χ0v) is 20.9. The highest BCUT2D eigenvalue weighted by atomic mass is 16.5. The van der Waals surface area contributed by atoms with Crippen molar-refractivity contribution in [2.45, 2.75) is 6.54 Å². The molecule has 2 aliphatic rings. The van der Waals surface area contributed by atoms with Crippen molar-refractivity contribution in [1.82, 2.24) is 14.8 Å². The average Bonchev–Trinajstić information content (AvgIpc) is 3.28. The lowest BCUT2D eigenvalue weighted by molar-refractivity contribution is -0.135. The number of anilines is 1. The number of barbiturate groups is 1. The number of aromatic nitrogens is 1. The van der Waals surface area contributed by atoms with Crippen molar-refractivity contribution in [3.05, 3.63) is 59.8 Å². The molecule has 0 radical (unpaired) electrons. The first-order chi connectivity index (χ1) is 18.4. The Balaban J connectivity index is 1.51. The molecule has 38 heavy (non-hydrogen) atoms. The lowest BCUT2D eigenvalue weighted by atomic mass is 10.1. The molecule has 1 aromatic heterocycles. The third-order valence-corrected chi connectivity index (χ3v) is 6.52. The molecule has 2 saturated heterocycles. The molecule has 1 N–H and O–H groups in total. The van der Waals surface area contributed by atoms with Gasteiger partial charge in [0, 0.05) is 41.8 Å². The lowest BCUT2D eigenvalue weighted by Crippen LogP contribution is -2.54. The van der Waals surface area contributed by atoms with Crippen molar-refractivity contribution in [1.29, 1.82) is 0 Å². The first-order valence-corrected chi connectivity index (χ1v) is 12.0. The number of nitrogens with zero attached hydrogens (tertiary/aromatic N) is 3. The number of imide groups is 2. The minimum atomic E-state index is -0.890. The Kier molecular flexibility index (Phi) is 6.84. The van der Waals surface area contributed by atoms with E-state index in [1.54, 1.807) is 21.7 Å². The molecule has 3 aromatic rings. The zero-order valence-electron chi connectivity index (χ0n) is 20.9. The van der Waals surface area contributed by atoms with E-state index in [2.05, 4.69) is 5.32 Å². The predicted octanol–water partition coefficient (Wildman–Crippen LogP) is 2.18. The van der Waals surface area contributed by atoms with E-state index in [4.69, 9.17) is 14.2 Å².